The highest BCUT2D eigenvalue weighted by Gasteiger charge is 2.18. The Morgan fingerprint density at radius 2 is 1.20 bits per heavy atom. The summed E-state index contributed by atoms with van der Waals surface area (Å²) in [5, 5.41) is 8.25. The van der Waals surface area contributed by atoms with Gasteiger partial charge < -0.3 is 5.11 Å². The lowest BCUT2D eigenvalue weighted by atomic mass is 9.98. The van der Waals surface area contributed by atoms with Crippen molar-refractivity contribution in [2.24, 2.45) is 5.41 Å². The first kappa shape index (κ1) is 16.9. The zero-order chi connectivity index (χ0) is 12.3. The van der Waals surface area contributed by atoms with Gasteiger partial charge in [0.05, 0.1) is 5.41 Å². The minimum Gasteiger partial charge on any atom is -0.481 e. The van der Waals surface area contributed by atoms with Gasteiger partial charge in [-0.25, -0.2) is 0 Å². The first-order valence-corrected chi connectivity index (χ1v) is 6.09. The van der Waals surface area contributed by atoms with Crippen molar-refractivity contribution in [1.82, 2.24) is 0 Å². The largest absolute Gasteiger partial charge is 0.481 e. The van der Waals surface area contributed by atoms with E-state index in [-0.39, 0.29) is 0 Å². The molecular weight excluding hydrogens is 188 g/mol. The van der Waals surface area contributed by atoms with Crippen LogP contribution in [-0.2, 0) is 4.79 Å². The molecule has 0 aromatic carbocycles. The number of hydrogen-bond acceptors (Lipinski definition) is 1. The van der Waals surface area contributed by atoms with Gasteiger partial charge >= 0.3 is 5.97 Å². The topological polar surface area (TPSA) is 37.3 Å². The number of hydrogen-bond donors (Lipinski definition) is 1. The lowest BCUT2D eigenvalue weighted by Crippen LogP contribution is -2.18. The van der Waals surface area contributed by atoms with Crippen LogP contribution < -0.4 is 0 Å². The Hall–Kier alpha value is -0.530. The Morgan fingerprint density at radius 3 is 1.33 bits per heavy atom. The summed E-state index contributed by atoms with van der Waals surface area (Å²) in [5.74, 6) is -0.757. The van der Waals surface area contributed by atoms with Crippen LogP contribution in [0.25, 0.3) is 0 Å². The number of rotatable bonds is 5. The second kappa shape index (κ2) is 10.0. The molecule has 0 rings (SSSR count). The third-order valence-electron chi connectivity index (χ3n) is 2.10. The molecule has 0 fully saturated rings. The van der Waals surface area contributed by atoms with Gasteiger partial charge in [-0.2, -0.15) is 0 Å². The number of carboxylic acids is 1. The van der Waals surface area contributed by atoms with Crippen molar-refractivity contribution < 1.29 is 9.90 Å². The molecule has 1 N–H and O–H groups in total. The van der Waals surface area contributed by atoms with Gasteiger partial charge in [-0.3, -0.25) is 4.79 Å². The van der Waals surface area contributed by atoms with Crippen molar-refractivity contribution in [2.75, 3.05) is 0 Å². The molecule has 0 saturated carbocycles. The van der Waals surface area contributed by atoms with E-state index < -0.39 is 11.4 Å². The average molecular weight is 216 g/mol. The van der Waals surface area contributed by atoms with Crippen LogP contribution >= 0.6 is 0 Å². The molecule has 0 aromatic heterocycles. The zero-order valence-electron chi connectivity index (χ0n) is 11.1. The van der Waals surface area contributed by atoms with Gasteiger partial charge in [-0.05, 0) is 20.8 Å². The van der Waals surface area contributed by atoms with E-state index >= 15 is 0 Å². The minimum atomic E-state index is -0.757. The molecular formula is C13H28O2. The smallest absolute Gasteiger partial charge is 0.308 e. The van der Waals surface area contributed by atoms with E-state index in [1.165, 1.54) is 38.5 Å². The molecule has 0 aromatic rings. The van der Waals surface area contributed by atoms with Crippen LogP contribution in [0.3, 0.4) is 0 Å². The van der Waals surface area contributed by atoms with E-state index in [1.807, 2.05) is 0 Å². The molecule has 0 spiro atoms. The van der Waals surface area contributed by atoms with E-state index in [4.69, 9.17) is 5.11 Å². The summed E-state index contributed by atoms with van der Waals surface area (Å²) < 4.78 is 0. The predicted octanol–water partition coefficient (Wildman–Crippen LogP) is 4.48. The third-order valence-corrected chi connectivity index (χ3v) is 2.10. The van der Waals surface area contributed by atoms with Crippen molar-refractivity contribution in [2.45, 2.75) is 73.1 Å². The maximum Gasteiger partial charge on any atom is 0.308 e. The number of aliphatic carboxylic acids is 1. The molecule has 0 aliphatic rings. The molecule has 0 unspecified atom stereocenters. The number of carboxylic acid groups (broad SMARTS) is 1. The normalized spacial score (nSPS) is 10.5. The standard InChI is InChI=1S/C8H18.C5H10O2/c1-3-5-7-8-6-4-2;1-5(2,3)4(6)7/h3-8H2,1-2H3;1-3H3,(H,6,7). The second-order valence-corrected chi connectivity index (χ2v) is 4.97. The van der Waals surface area contributed by atoms with Crippen molar-refractivity contribution in [3.63, 3.8) is 0 Å². The SMILES string of the molecule is CC(C)(C)C(=O)O.CCCCCCCC. The van der Waals surface area contributed by atoms with Gasteiger partial charge in [0.25, 0.3) is 0 Å². The molecule has 0 atom stereocenters. The summed E-state index contributed by atoms with van der Waals surface area (Å²) in [6.07, 6.45) is 8.49. The first-order chi connectivity index (χ1) is 6.86. The third kappa shape index (κ3) is 16.2. The molecule has 0 amide bonds. The molecule has 2 nitrogen and oxygen atoms in total. The Morgan fingerprint density at radius 1 is 0.933 bits per heavy atom. The molecule has 0 radical (unpaired) electrons. The van der Waals surface area contributed by atoms with Crippen molar-refractivity contribution in [1.29, 1.82) is 0 Å². The van der Waals surface area contributed by atoms with Crippen LogP contribution in [0.1, 0.15) is 73.1 Å². The molecule has 92 valence electrons. The molecule has 0 heterocycles. The van der Waals surface area contributed by atoms with Gasteiger partial charge in [0, 0.05) is 0 Å². The fourth-order valence-corrected chi connectivity index (χ4v) is 0.854. The highest BCUT2D eigenvalue weighted by atomic mass is 16.4. The first-order valence-electron chi connectivity index (χ1n) is 6.09. The highest BCUT2D eigenvalue weighted by Crippen LogP contribution is 2.11. The fraction of sp³-hybridized carbons (Fsp3) is 0.923. The minimum absolute atomic E-state index is 0.583. The summed E-state index contributed by atoms with van der Waals surface area (Å²) in [7, 11) is 0. The maximum absolute atomic E-state index is 10.0. The Bertz CT molecular complexity index is 139. The lowest BCUT2D eigenvalue weighted by Gasteiger charge is -2.08. The highest BCUT2D eigenvalue weighted by molar-refractivity contribution is 5.72. The van der Waals surface area contributed by atoms with E-state index in [0.717, 1.165) is 0 Å². The Labute approximate surface area is 95.1 Å². The monoisotopic (exact) mass is 216 g/mol. The maximum atomic E-state index is 10.0. The summed E-state index contributed by atoms with van der Waals surface area (Å²) in [5.41, 5.74) is -0.583. The molecule has 0 aliphatic carbocycles. The van der Waals surface area contributed by atoms with E-state index in [9.17, 15) is 4.79 Å². The summed E-state index contributed by atoms with van der Waals surface area (Å²) in [6.45, 7) is 9.50. The van der Waals surface area contributed by atoms with Gasteiger partial charge in [0.2, 0.25) is 0 Å². The number of unbranched alkanes of at least 4 members (excludes halogenated alkanes) is 5. The van der Waals surface area contributed by atoms with Crippen LogP contribution in [0.2, 0.25) is 0 Å². The predicted molar refractivity (Wildman–Crippen MR) is 66.1 cm³/mol. The lowest BCUT2D eigenvalue weighted by molar-refractivity contribution is -0.145. The van der Waals surface area contributed by atoms with Gasteiger partial charge in [0.1, 0.15) is 0 Å². The van der Waals surface area contributed by atoms with Crippen LogP contribution in [0.5, 0.6) is 0 Å². The van der Waals surface area contributed by atoms with Crippen LogP contribution in [0.15, 0.2) is 0 Å². The van der Waals surface area contributed by atoms with E-state index in [2.05, 4.69) is 13.8 Å². The Kier molecular flexibility index (Phi) is 11.3. The summed E-state index contributed by atoms with van der Waals surface area (Å²) in [4.78, 5) is 10.0. The second-order valence-electron chi connectivity index (χ2n) is 4.97. The average Bonchev–Trinajstić information content (AvgIpc) is 2.12. The quantitative estimate of drug-likeness (QED) is 0.688. The van der Waals surface area contributed by atoms with Crippen LogP contribution in [0.4, 0.5) is 0 Å². The van der Waals surface area contributed by atoms with Gasteiger partial charge in [0.15, 0.2) is 0 Å². The summed E-state index contributed by atoms with van der Waals surface area (Å²) in [6, 6.07) is 0. The Balaban J connectivity index is 0. The fourth-order valence-electron chi connectivity index (χ4n) is 0.854. The number of carbonyl (C=O) groups is 1. The van der Waals surface area contributed by atoms with Crippen LogP contribution in [0, 0.1) is 5.41 Å². The van der Waals surface area contributed by atoms with E-state index in [0.29, 0.717) is 0 Å². The molecule has 0 aliphatic heterocycles. The molecule has 0 saturated heterocycles. The van der Waals surface area contributed by atoms with Gasteiger partial charge in [-0.1, -0.05) is 52.4 Å². The summed E-state index contributed by atoms with van der Waals surface area (Å²) >= 11 is 0. The van der Waals surface area contributed by atoms with Crippen molar-refractivity contribution in [3.05, 3.63) is 0 Å². The van der Waals surface area contributed by atoms with Crippen molar-refractivity contribution >= 4 is 5.97 Å². The van der Waals surface area contributed by atoms with Gasteiger partial charge in [-0.15, -0.1) is 0 Å². The van der Waals surface area contributed by atoms with E-state index in [1.54, 1.807) is 20.8 Å². The van der Waals surface area contributed by atoms with Crippen molar-refractivity contribution in [3.8, 4) is 0 Å². The zero-order valence-corrected chi connectivity index (χ0v) is 11.1. The van der Waals surface area contributed by atoms with Crippen LogP contribution in [-0.4, -0.2) is 11.1 Å². The molecule has 0 bridgehead atoms. The molecule has 15 heavy (non-hydrogen) atoms. The molecule has 2 heteroatoms.